The van der Waals surface area contributed by atoms with Crippen LogP contribution >= 0.6 is 19.4 Å². The van der Waals surface area contributed by atoms with Crippen LogP contribution in [0.1, 0.15) is 0 Å². The molecule has 0 unspecified atom stereocenters. The van der Waals surface area contributed by atoms with Crippen LogP contribution in [0.15, 0.2) is 0 Å². The van der Waals surface area contributed by atoms with E-state index in [2.05, 4.69) is 20.6 Å². The molecule has 0 amide bonds. The van der Waals surface area contributed by atoms with Crippen LogP contribution < -0.4 is 0 Å². The Morgan fingerprint density at radius 1 is 1.45 bits per heavy atom. The lowest BCUT2D eigenvalue weighted by Crippen LogP contribution is -1.66. The fourth-order valence-corrected chi connectivity index (χ4v) is 0.225. The van der Waals surface area contributed by atoms with Gasteiger partial charge in [-0.3, -0.25) is 0 Å². The second kappa shape index (κ2) is 4.37. The summed E-state index contributed by atoms with van der Waals surface area (Å²) in [6, 6.07) is 0. The van der Waals surface area contributed by atoms with Gasteiger partial charge in [0.15, 0.2) is 0 Å². The number of hydrogen-bond donors (Lipinski definition) is 4. The summed E-state index contributed by atoms with van der Waals surface area (Å²) in [5.74, 6) is 0. The third-order valence-corrected chi connectivity index (χ3v) is 0.480. The van der Waals surface area contributed by atoms with Crippen molar-refractivity contribution in [1.29, 1.82) is 0 Å². The predicted octanol–water partition coefficient (Wildman–Crippen LogP) is -1.08. The summed E-state index contributed by atoms with van der Waals surface area (Å²) in [6.45, 7) is 0. The molecule has 64 valence electrons. The third-order valence-electron chi connectivity index (χ3n) is 0.319. The van der Waals surface area contributed by atoms with Gasteiger partial charge >= 0.3 is 7.82 Å². The van der Waals surface area contributed by atoms with E-state index in [1.165, 1.54) is 0 Å². The van der Waals surface area contributed by atoms with E-state index in [4.69, 9.17) is 30.8 Å². The number of rotatable bonds is 0. The van der Waals surface area contributed by atoms with E-state index in [9.17, 15) is 0 Å². The molecule has 4 N–H and O–H groups in total. The highest BCUT2D eigenvalue weighted by Crippen LogP contribution is 2.25. The standard InChI is InChI=1S/CHClN4.H3O4P/c2-1-3-5-6-4-1;1-5(2,3)4/h(H,3,4,5,6);(H3,1,2,3,4). The first-order chi connectivity index (χ1) is 4.89. The molecule has 0 spiro atoms. The maximum absolute atomic E-state index is 8.88. The number of halogens is 1. The first-order valence-corrected chi connectivity index (χ1v) is 4.01. The van der Waals surface area contributed by atoms with Gasteiger partial charge in [0.05, 0.1) is 0 Å². The molecule has 0 aliphatic heterocycles. The highest BCUT2D eigenvalue weighted by atomic mass is 35.5. The second-order valence-electron chi connectivity index (χ2n) is 1.19. The van der Waals surface area contributed by atoms with E-state index in [1.807, 2.05) is 0 Å². The molecular formula is CH4ClN4O4P. The van der Waals surface area contributed by atoms with Crippen LogP contribution in [0.2, 0.25) is 5.28 Å². The zero-order chi connectivity index (χ0) is 8.91. The fraction of sp³-hybridized carbons (Fsp3) is 0. The average Bonchev–Trinajstić information content (AvgIpc) is 2.12. The van der Waals surface area contributed by atoms with Gasteiger partial charge in [0.1, 0.15) is 0 Å². The molecule has 1 rings (SSSR count). The molecule has 0 aliphatic rings. The fourth-order valence-electron chi connectivity index (χ4n) is 0.150. The van der Waals surface area contributed by atoms with E-state index >= 15 is 0 Å². The smallest absolute Gasteiger partial charge is 0.303 e. The Balaban J connectivity index is 0.000000187. The number of phosphoric acid groups is 1. The minimum Gasteiger partial charge on any atom is -0.303 e. The number of nitrogens with zero attached hydrogens (tertiary/aromatic N) is 3. The number of tetrazole rings is 1. The maximum atomic E-state index is 8.88. The number of aromatic amines is 1. The van der Waals surface area contributed by atoms with Crippen LogP contribution in [0.25, 0.3) is 0 Å². The lowest BCUT2D eigenvalue weighted by molar-refractivity contribution is 0.275. The SMILES string of the molecule is Clc1nn[nH]n1.O=P(O)(O)O. The zero-order valence-electron chi connectivity index (χ0n) is 4.92. The van der Waals surface area contributed by atoms with Crippen molar-refractivity contribution in [3.63, 3.8) is 0 Å². The molecule has 11 heavy (non-hydrogen) atoms. The summed E-state index contributed by atoms with van der Waals surface area (Å²) in [7, 11) is -4.64. The van der Waals surface area contributed by atoms with Gasteiger partial charge in [-0.1, -0.05) is 5.10 Å². The first kappa shape index (κ1) is 10.5. The molecule has 10 heteroatoms. The lowest BCUT2D eigenvalue weighted by Gasteiger charge is -1.82. The molecule has 0 bridgehead atoms. The monoisotopic (exact) mass is 202 g/mol. The zero-order valence-corrected chi connectivity index (χ0v) is 6.57. The van der Waals surface area contributed by atoms with Crippen molar-refractivity contribution < 1.29 is 19.2 Å². The van der Waals surface area contributed by atoms with Crippen LogP contribution in [0, 0.1) is 0 Å². The maximum Gasteiger partial charge on any atom is 0.466 e. The predicted molar refractivity (Wildman–Crippen MR) is 33.5 cm³/mol. The van der Waals surface area contributed by atoms with Crippen molar-refractivity contribution in [3.8, 4) is 0 Å². The first-order valence-electron chi connectivity index (χ1n) is 2.07. The van der Waals surface area contributed by atoms with Crippen molar-refractivity contribution in [1.82, 2.24) is 20.6 Å². The third kappa shape index (κ3) is 12.6. The Bertz CT molecular complexity index is 222. The van der Waals surface area contributed by atoms with Gasteiger partial charge in [0.25, 0.3) is 5.28 Å². The molecule has 0 atom stereocenters. The van der Waals surface area contributed by atoms with Crippen molar-refractivity contribution >= 4 is 19.4 Å². The van der Waals surface area contributed by atoms with E-state index in [1.54, 1.807) is 0 Å². The van der Waals surface area contributed by atoms with Gasteiger partial charge in [-0.2, -0.15) is 5.21 Å². The molecule has 0 aromatic carbocycles. The topological polar surface area (TPSA) is 132 Å². The van der Waals surface area contributed by atoms with Gasteiger partial charge in [-0.25, -0.2) is 4.57 Å². The molecule has 0 radical (unpaired) electrons. The minimum atomic E-state index is -4.64. The second-order valence-corrected chi connectivity index (χ2v) is 2.56. The summed E-state index contributed by atoms with van der Waals surface area (Å²) in [6.07, 6.45) is 0. The highest BCUT2D eigenvalue weighted by Gasteiger charge is 2.00. The molecule has 0 saturated heterocycles. The van der Waals surface area contributed by atoms with Crippen molar-refractivity contribution in [3.05, 3.63) is 5.28 Å². The number of aromatic nitrogens is 4. The Labute approximate surface area is 65.4 Å². The quantitative estimate of drug-likeness (QED) is 0.394. The van der Waals surface area contributed by atoms with Gasteiger partial charge in [-0.05, 0) is 16.8 Å². The van der Waals surface area contributed by atoms with Gasteiger partial charge in [0, 0.05) is 0 Å². The van der Waals surface area contributed by atoms with Gasteiger partial charge in [0.2, 0.25) is 0 Å². The Hall–Kier alpha value is -0.530. The molecular weight excluding hydrogens is 198 g/mol. The summed E-state index contributed by atoms with van der Waals surface area (Å²) in [5, 5.41) is 12.1. The Morgan fingerprint density at radius 3 is 2.00 bits per heavy atom. The van der Waals surface area contributed by atoms with Crippen molar-refractivity contribution in [2.75, 3.05) is 0 Å². The largest absolute Gasteiger partial charge is 0.466 e. The lowest BCUT2D eigenvalue weighted by atomic mass is 11.4. The molecule has 8 nitrogen and oxygen atoms in total. The highest BCUT2D eigenvalue weighted by molar-refractivity contribution is 7.45. The molecule has 0 fully saturated rings. The van der Waals surface area contributed by atoms with Crippen LogP contribution in [-0.2, 0) is 4.57 Å². The number of hydrogen-bond acceptors (Lipinski definition) is 4. The van der Waals surface area contributed by atoms with Crippen LogP contribution in [0.3, 0.4) is 0 Å². The minimum absolute atomic E-state index is 0.148. The van der Waals surface area contributed by atoms with E-state index in [0.717, 1.165) is 0 Å². The van der Waals surface area contributed by atoms with E-state index in [-0.39, 0.29) is 5.28 Å². The average molecular weight is 202 g/mol. The van der Waals surface area contributed by atoms with E-state index in [0.29, 0.717) is 0 Å². The molecule has 1 aromatic heterocycles. The Morgan fingerprint density at radius 2 is 1.91 bits per heavy atom. The number of H-pyrrole nitrogens is 1. The molecule has 0 aliphatic carbocycles. The molecule has 1 heterocycles. The van der Waals surface area contributed by atoms with Crippen molar-refractivity contribution in [2.45, 2.75) is 0 Å². The summed E-state index contributed by atoms with van der Waals surface area (Å²) in [5.41, 5.74) is 0. The van der Waals surface area contributed by atoms with Gasteiger partial charge < -0.3 is 14.7 Å². The number of nitrogens with one attached hydrogen (secondary N) is 1. The normalized spacial score (nSPS) is 10.2. The summed E-state index contributed by atoms with van der Waals surface area (Å²) >= 11 is 5.14. The summed E-state index contributed by atoms with van der Waals surface area (Å²) in [4.78, 5) is 21.6. The van der Waals surface area contributed by atoms with Gasteiger partial charge in [-0.15, -0.1) is 5.10 Å². The summed E-state index contributed by atoms with van der Waals surface area (Å²) < 4.78 is 8.88. The Kier molecular flexibility index (Phi) is 4.16. The van der Waals surface area contributed by atoms with Crippen molar-refractivity contribution in [2.24, 2.45) is 0 Å². The van der Waals surface area contributed by atoms with Crippen LogP contribution in [0.4, 0.5) is 0 Å². The van der Waals surface area contributed by atoms with Crippen LogP contribution in [-0.4, -0.2) is 35.3 Å². The molecule has 0 saturated carbocycles. The molecule has 1 aromatic rings. The van der Waals surface area contributed by atoms with Crippen LogP contribution in [0.5, 0.6) is 0 Å². The van der Waals surface area contributed by atoms with E-state index < -0.39 is 7.82 Å².